The fraction of sp³-hybridized carbons (Fsp3) is 0.562. The van der Waals surface area contributed by atoms with Gasteiger partial charge in [-0.2, -0.15) is 0 Å². The molecule has 0 unspecified atom stereocenters. The van der Waals surface area contributed by atoms with Gasteiger partial charge in [-0.15, -0.1) is 11.6 Å². The van der Waals surface area contributed by atoms with Gasteiger partial charge in [0.05, 0.1) is 11.0 Å². The Morgan fingerprint density at radius 2 is 2.15 bits per heavy atom. The van der Waals surface area contributed by atoms with E-state index in [0.717, 1.165) is 29.3 Å². The Balaban J connectivity index is 2.04. The minimum atomic E-state index is 0.467. The summed E-state index contributed by atoms with van der Waals surface area (Å²) in [6, 6.07) is 5.99. The smallest absolute Gasteiger partial charge is 0.111 e. The van der Waals surface area contributed by atoms with Gasteiger partial charge in [0.2, 0.25) is 0 Å². The van der Waals surface area contributed by atoms with Crippen LogP contribution in [0.25, 0.3) is 11.0 Å². The lowest BCUT2D eigenvalue weighted by Gasteiger charge is -2.42. The molecule has 1 fully saturated rings. The Morgan fingerprint density at radius 1 is 1.35 bits per heavy atom. The number of aryl methyl sites for hydroxylation is 1. The van der Waals surface area contributed by atoms with Gasteiger partial charge in [0.1, 0.15) is 5.82 Å². The number of hydrogen-bond acceptors (Lipinski definition) is 1. The molecule has 0 amide bonds. The summed E-state index contributed by atoms with van der Waals surface area (Å²) >= 11 is 12.0. The maximum absolute atomic E-state index is 6.08. The highest BCUT2D eigenvalue weighted by molar-refractivity contribution is 6.31. The molecule has 1 aliphatic rings. The molecule has 0 N–H and O–H groups in total. The van der Waals surface area contributed by atoms with E-state index in [1.165, 1.54) is 31.2 Å². The third kappa shape index (κ3) is 2.44. The van der Waals surface area contributed by atoms with Gasteiger partial charge in [0, 0.05) is 23.9 Å². The molecule has 1 aliphatic carbocycles. The van der Waals surface area contributed by atoms with Crippen LogP contribution in [-0.4, -0.2) is 15.4 Å². The van der Waals surface area contributed by atoms with E-state index >= 15 is 0 Å². The zero-order chi connectivity index (χ0) is 14.2. The second-order valence-corrected chi connectivity index (χ2v) is 6.71. The lowest BCUT2D eigenvalue weighted by atomic mass is 9.67. The van der Waals surface area contributed by atoms with Crippen LogP contribution in [0.15, 0.2) is 18.2 Å². The van der Waals surface area contributed by atoms with Crippen LogP contribution in [0.3, 0.4) is 0 Å². The number of hydrogen-bond donors (Lipinski definition) is 0. The Hall–Kier alpha value is -0.730. The van der Waals surface area contributed by atoms with Crippen LogP contribution in [0.2, 0.25) is 5.02 Å². The number of halogens is 2. The van der Waals surface area contributed by atoms with Gasteiger partial charge in [-0.3, -0.25) is 0 Å². The average Bonchev–Trinajstić information content (AvgIpc) is 2.71. The van der Waals surface area contributed by atoms with Crippen molar-refractivity contribution in [3.8, 4) is 0 Å². The molecule has 1 aromatic heterocycles. The Bertz CT molecular complexity index is 609. The number of benzene rings is 1. The van der Waals surface area contributed by atoms with Crippen molar-refractivity contribution < 1.29 is 0 Å². The van der Waals surface area contributed by atoms with Gasteiger partial charge >= 0.3 is 0 Å². The molecular formula is C16H20Cl2N2. The SMILES string of the molecule is CCC1(Cn2c(CCCl)nc3cc(Cl)ccc32)CCC1. The third-order valence-electron chi connectivity index (χ3n) is 4.77. The summed E-state index contributed by atoms with van der Waals surface area (Å²) in [5.74, 6) is 1.70. The maximum atomic E-state index is 6.08. The first-order valence-corrected chi connectivity index (χ1v) is 8.29. The molecule has 20 heavy (non-hydrogen) atoms. The first-order valence-electron chi connectivity index (χ1n) is 7.38. The van der Waals surface area contributed by atoms with E-state index in [-0.39, 0.29) is 0 Å². The summed E-state index contributed by atoms with van der Waals surface area (Å²) in [4.78, 5) is 4.73. The van der Waals surface area contributed by atoms with Crippen LogP contribution in [0, 0.1) is 5.41 Å². The van der Waals surface area contributed by atoms with Crippen molar-refractivity contribution >= 4 is 34.2 Å². The molecule has 0 saturated heterocycles. The maximum Gasteiger partial charge on any atom is 0.111 e. The van der Waals surface area contributed by atoms with E-state index < -0.39 is 0 Å². The molecule has 2 nitrogen and oxygen atoms in total. The number of nitrogens with zero attached hydrogens (tertiary/aromatic N) is 2. The second-order valence-electron chi connectivity index (χ2n) is 5.89. The summed E-state index contributed by atoms with van der Waals surface area (Å²) in [5, 5.41) is 0.744. The minimum Gasteiger partial charge on any atom is -0.327 e. The molecule has 1 saturated carbocycles. The van der Waals surface area contributed by atoms with Crippen molar-refractivity contribution in [2.45, 2.75) is 45.6 Å². The quantitative estimate of drug-likeness (QED) is 0.706. The molecule has 0 aliphatic heterocycles. The summed E-state index contributed by atoms with van der Waals surface area (Å²) in [7, 11) is 0. The minimum absolute atomic E-state index is 0.467. The molecule has 0 spiro atoms. The van der Waals surface area contributed by atoms with Gasteiger partial charge < -0.3 is 4.57 Å². The number of aromatic nitrogens is 2. The second kappa shape index (κ2) is 5.57. The Labute approximate surface area is 130 Å². The molecule has 0 atom stereocenters. The van der Waals surface area contributed by atoms with Crippen LogP contribution in [-0.2, 0) is 13.0 Å². The van der Waals surface area contributed by atoms with E-state index in [2.05, 4.69) is 17.6 Å². The Kier molecular flexibility index (Phi) is 3.96. The predicted octanol–water partition coefficient (Wildman–Crippen LogP) is 5.05. The number of fused-ring (bicyclic) bond motifs is 1. The lowest BCUT2D eigenvalue weighted by molar-refractivity contribution is 0.101. The first-order chi connectivity index (χ1) is 9.67. The van der Waals surface area contributed by atoms with Crippen molar-refractivity contribution in [1.29, 1.82) is 0 Å². The van der Waals surface area contributed by atoms with Crippen LogP contribution in [0.5, 0.6) is 0 Å². The molecule has 2 aromatic rings. The summed E-state index contributed by atoms with van der Waals surface area (Å²) in [6.07, 6.45) is 6.07. The topological polar surface area (TPSA) is 17.8 Å². The fourth-order valence-electron chi connectivity index (χ4n) is 3.24. The molecule has 3 rings (SSSR count). The lowest BCUT2D eigenvalue weighted by Crippen LogP contribution is -2.34. The van der Waals surface area contributed by atoms with Crippen molar-refractivity contribution in [2.75, 3.05) is 5.88 Å². The van der Waals surface area contributed by atoms with Crippen molar-refractivity contribution in [3.63, 3.8) is 0 Å². The van der Waals surface area contributed by atoms with Gasteiger partial charge in [-0.1, -0.05) is 24.9 Å². The molecule has 108 valence electrons. The van der Waals surface area contributed by atoms with Gasteiger partial charge in [-0.25, -0.2) is 4.98 Å². The largest absolute Gasteiger partial charge is 0.327 e. The first kappa shape index (κ1) is 14.2. The molecule has 1 heterocycles. The van der Waals surface area contributed by atoms with Crippen LogP contribution < -0.4 is 0 Å². The average molecular weight is 311 g/mol. The zero-order valence-electron chi connectivity index (χ0n) is 11.8. The van der Waals surface area contributed by atoms with E-state index in [1.54, 1.807) is 0 Å². The van der Waals surface area contributed by atoms with Crippen molar-refractivity contribution in [2.24, 2.45) is 5.41 Å². The van der Waals surface area contributed by atoms with Crippen LogP contribution in [0.1, 0.15) is 38.4 Å². The molecular weight excluding hydrogens is 291 g/mol. The van der Waals surface area contributed by atoms with Crippen LogP contribution >= 0.6 is 23.2 Å². The fourth-order valence-corrected chi connectivity index (χ4v) is 3.58. The van der Waals surface area contributed by atoms with Gasteiger partial charge in [0.15, 0.2) is 0 Å². The van der Waals surface area contributed by atoms with Crippen molar-refractivity contribution in [3.05, 3.63) is 29.0 Å². The number of rotatable bonds is 5. The van der Waals surface area contributed by atoms with Gasteiger partial charge in [-0.05, 0) is 42.9 Å². The highest BCUT2D eigenvalue weighted by atomic mass is 35.5. The van der Waals surface area contributed by atoms with Crippen molar-refractivity contribution in [1.82, 2.24) is 9.55 Å². The highest BCUT2D eigenvalue weighted by Crippen LogP contribution is 2.45. The summed E-state index contributed by atoms with van der Waals surface area (Å²) in [6.45, 7) is 3.37. The van der Waals surface area contributed by atoms with Gasteiger partial charge in [0.25, 0.3) is 0 Å². The number of alkyl halides is 1. The molecule has 0 bridgehead atoms. The third-order valence-corrected chi connectivity index (χ3v) is 5.19. The van der Waals surface area contributed by atoms with E-state index in [4.69, 9.17) is 28.2 Å². The molecule has 4 heteroatoms. The summed E-state index contributed by atoms with van der Waals surface area (Å²) in [5.41, 5.74) is 2.64. The normalized spacial score (nSPS) is 17.4. The Morgan fingerprint density at radius 3 is 2.75 bits per heavy atom. The van der Waals surface area contributed by atoms with E-state index in [0.29, 0.717) is 11.3 Å². The summed E-state index contributed by atoms with van der Waals surface area (Å²) < 4.78 is 2.37. The standard InChI is InChI=1S/C16H20Cl2N2/c1-2-16(7-3-8-16)11-20-14-5-4-12(18)10-13(14)19-15(20)6-9-17/h4-5,10H,2-3,6-9,11H2,1H3. The predicted molar refractivity (Wildman–Crippen MR) is 85.7 cm³/mol. The molecule has 1 aromatic carbocycles. The number of imidazole rings is 1. The molecule has 0 radical (unpaired) electrons. The van der Waals surface area contributed by atoms with Crippen LogP contribution in [0.4, 0.5) is 0 Å². The zero-order valence-corrected chi connectivity index (χ0v) is 13.3. The highest BCUT2D eigenvalue weighted by Gasteiger charge is 2.36. The van der Waals surface area contributed by atoms with E-state index in [9.17, 15) is 0 Å². The monoisotopic (exact) mass is 310 g/mol. The van der Waals surface area contributed by atoms with E-state index in [1.807, 2.05) is 12.1 Å².